The number of carbonyl (C=O) groups is 3. The van der Waals surface area contributed by atoms with Crippen LogP contribution in [-0.4, -0.2) is 119 Å². The van der Waals surface area contributed by atoms with Crippen molar-refractivity contribution in [2.24, 2.45) is 0 Å². The molecule has 6 rings (SSSR count). The van der Waals surface area contributed by atoms with Crippen LogP contribution in [0.2, 0.25) is 0 Å². The number of halogens is 4. The zero-order valence-corrected chi connectivity index (χ0v) is 29.9. The molecule has 4 heterocycles. The number of aliphatic hydroxyl groups is 1. The summed E-state index contributed by atoms with van der Waals surface area (Å²) >= 11 is 0. The van der Waals surface area contributed by atoms with Crippen molar-refractivity contribution < 1.29 is 51.3 Å². The lowest BCUT2D eigenvalue weighted by molar-refractivity contribution is -0.154. The van der Waals surface area contributed by atoms with Gasteiger partial charge in [-0.3, -0.25) is 14.4 Å². The Hall–Kier alpha value is -4.88. The van der Waals surface area contributed by atoms with E-state index in [4.69, 9.17) is 14.2 Å². The van der Waals surface area contributed by atoms with Crippen molar-refractivity contribution in [3.8, 4) is 22.5 Å². The minimum Gasteiger partial charge on any atom is -0.465 e. The summed E-state index contributed by atoms with van der Waals surface area (Å²) in [5.74, 6) is -6.32. The van der Waals surface area contributed by atoms with Crippen LogP contribution in [0, 0.1) is 23.3 Å². The average Bonchev–Trinajstić information content (AvgIpc) is 3.80. The van der Waals surface area contributed by atoms with Crippen LogP contribution < -0.4 is 0 Å². The van der Waals surface area contributed by atoms with Crippen molar-refractivity contribution in [1.82, 2.24) is 34.9 Å². The van der Waals surface area contributed by atoms with Gasteiger partial charge in [0.2, 0.25) is 5.91 Å². The third kappa shape index (κ3) is 7.91. The molecule has 4 aromatic rings. The molecule has 2 saturated heterocycles. The molecule has 0 bridgehead atoms. The maximum absolute atomic E-state index is 14.1. The van der Waals surface area contributed by atoms with Crippen molar-refractivity contribution in [2.75, 3.05) is 32.6 Å². The lowest BCUT2D eigenvalue weighted by Gasteiger charge is -2.53. The molecule has 0 radical (unpaired) electrons. The van der Waals surface area contributed by atoms with Gasteiger partial charge in [0.15, 0.2) is 17.5 Å². The van der Waals surface area contributed by atoms with Crippen molar-refractivity contribution in [3.63, 3.8) is 0 Å². The Bertz CT molecular complexity index is 1980. The van der Waals surface area contributed by atoms with Crippen LogP contribution in [0.5, 0.6) is 0 Å². The van der Waals surface area contributed by atoms with Gasteiger partial charge in [-0.05, 0) is 24.3 Å². The van der Waals surface area contributed by atoms with Gasteiger partial charge in [-0.1, -0.05) is 22.6 Å². The van der Waals surface area contributed by atoms with E-state index in [1.54, 1.807) is 17.2 Å². The number of hydrogen-bond donors (Lipinski definition) is 2. The number of likely N-dealkylation sites (tertiary alicyclic amines) is 1. The van der Waals surface area contributed by atoms with E-state index in [9.17, 15) is 37.1 Å². The number of carbonyl (C=O) groups excluding carboxylic acids is 3. The molecule has 8 atom stereocenters. The molecule has 1 N–H and O–H groups in total. The second-order valence-electron chi connectivity index (χ2n) is 12.9. The fraction of sp³-hybridized carbons (Fsp3) is 0.441. The topological polar surface area (TPSA) is 164 Å². The van der Waals surface area contributed by atoms with Crippen molar-refractivity contribution in [2.45, 2.75) is 61.7 Å². The highest BCUT2D eigenvalue weighted by Gasteiger charge is 2.53. The van der Waals surface area contributed by atoms with E-state index in [1.165, 1.54) is 61.6 Å². The maximum Gasteiger partial charge on any atom is 0.303 e. The molecule has 19 heteroatoms. The van der Waals surface area contributed by atoms with Crippen LogP contribution in [0.25, 0.3) is 22.5 Å². The van der Waals surface area contributed by atoms with Gasteiger partial charge >= 0.3 is 11.9 Å². The van der Waals surface area contributed by atoms with Crippen molar-refractivity contribution in [1.29, 1.82) is 0 Å². The molecule has 284 valence electrons. The number of esters is 2. The fourth-order valence-electron chi connectivity index (χ4n) is 7.00. The van der Waals surface area contributed by atoms with Crippen LogP contribution in [0.4, 0.5) is 17.6 Å². The first kappa shape index (κ1) is 37.9. The van der Waals surface area contributed by atoms with Gasteiger partial charge in [-0.2, -0.15) is 0 Å². The summed E-state index contributed by atoms with van der Waals surface area (Å²) in [5, 5.41) is 27.3. The molecule has 2 aromatic carbocycles. The highest BCUT2D eigenvalue weighted by Crippen LogP contribution is 2.52. The number of thiol groups is 1. The molecule has 2 fully saturated rings. The number of nitrogens with zero attached hydrogens (tertiary/aromatic N) is 7. The van der Waals surface area contributed by atoms with Gasteiger partial charge in [0.05, 0.1) is 35.9 Å². The van der Waals surface area contributed by atoms with Crippen molar-refractivity contribution in [3.05, 3.63) is 72.1 Å². The highest BCUT2D eigenvalue weighted by atomic mass is 32.2. The van der Waals surface area contributed by atoms with E-state index in [2.05, 4.69) is 20.6 Å². The Kier molecular flexibility index (Phi) is 11.2. The summed E-state index contributed by atoms with van der Waals surface area (Å²) in [5.41, 5.74) is 0.690. The molecule has 1 unspecified atom stereocenters. The number of aliphatic hydroxyl groups excluding tert-OH is 1. The largest absolute Gasteiger partial charge is 0.465 e. The third-order valence-corrected chi connectivity index (χ3v) is 12.9. The van der Waals surface area contributed by atoms with E-state index in [-0.39, 0.29) is 42.6 Å². The normalized spacial score (nSPS) is 26.6. The molecular weight excluding hydrogens is 726 g/mol. The number of benzene rings is 2. The number of piperidine rings is 1. The third-order valence-electron chi connectivity index (χ3n) is 9.52. The van der Waals surface area contributed by atoms with E-state index in [0.29, 0.717) is 11.3 Å². The van der Waals surface area contributed by atoms with Gasteiger partial charge in [0.1, 0.15) is 36.0 Å². The lowest BCUT2D eigenvalue weighted by atomic mass is 10.0. The zero-order chi connectivity index (χ0) is 38.1. The molecule has 0 spiro atoms. The second kappa shape index (κ2) is 15.6. The predicted octanol–water partition coefficient (Wildman–Crippen LogP) is 3.03. The molecule has 53 heavy (non-hydrogen) atoms. The van der Waals surface area contributed by atoms with Gasteiger partial charge in [-0.25, -0.2) is 37.8 Å². The summed E-state index contributed by atoms with van der Waals surface area (Å²) in [7, 11) is -0.124. The molecule has 2 aliphatic rings. The summed E-state index contributed by atoms with van der Waals surface area (Å²) in [6.45, 7) is 3.74. The number of amides is 1. The average molecular weight is 764 g/mol. The van der Waals surface area contributed by atoms with Gasteiger partial charge in [0, 0.05) is 63.1 Å². The Morgan fingerprint density at radius 3 is 2.19 bits per heavy atom. The Morgan fingerprint density at radius 2 is 1.57 bits per heavy atom. The standard InChI is InChI=1S/C34H37F4N7O7S/c1-17(46)43-13-27(44-11-25(39-41-44)20-6-5-7-22(35)8-20)33(49)29(14-43)53-16-28(50-4)32(34(52-19(3)48)30(53)15-51-18(2)47)45-12-26(40-42-45)21-9-23(36)31(38)24(37)10-21/h5-12,27-30,32-34,49,53H,13-16H2,1-4H3/t27-,28-,29+,30+,32-,33+,34-/m0/s1. The maximum atomic E-state index is 14.1. The summed E-state index contributed by atoms with van der Waals surface area (Å²) < 4.78 is 76.1. The van der Waals surface area contributed by atoms with Crippen LogP contribution in [0.1, 0.15) is 32.9 Å². The second-order valence-corrected chi connectivity index (χ2v) is 15.6. The zero-order valence-electron chi connectivity index (χ0n) is 29.0. The first-order valence-electron chi connectivity index (χ1n) is 16.5. The van der Waals surface area contributed by atoms with Crippen LogP contribution in [-0.2, 0) is 28.6 Å². The van der Waals surface area contributed by atoms with Crippen LogP contribution in [0.15, 0.2) is 48.8 Å². The molecule has 0 saturated carbocycles. The number of aromatic nitrogens is 6. The first-order chi connectivity index (χ1) is 25.2. The van der Waals surface area contributed by atoms with E-state index in [1.807, 2.05) is 0 Å². The van der Waals surface area contributed by atoms with Crippen LogP contribution >= 0.6 is 10.9 Å². The summed E-state index contributed by atoms with van der Waals surface area (Å²) in [6, 6.07) is 5.60. The van der Waals surface area contributed by atoms with E-state index >= 15 is 0 Å². The highest BCUT2D eigenvalue weighted by molar-refractivity contribution is 8.18. The minimum atomic E-state index is -1.64. The van der Waals surface area contributed by atoms with E-state index < -0.39 is 87.0 Å². The molecule has 1 amide bonds. The lowest BCUT2D eigenvalue weighted by Crippen LogP contribution is -2.60. The molecule has 2 aromatic heterocycles. The molecular formula is C34H37F4N7O7S. The molecule has 2 aliphatic heterocycles. The SMILES string of the molecule is CO[C@H]1C[SH]([C@@H]2CN(C(C)=O)C[C@H](n3cc(-c4cccc(F)c4)nn3)[C@H]2O)[C@H](COC(C)=O)[C@H](OC(C)=O)[C@H]1n1cc(-c2cc(F)c(F)c(F)c2)nn1. The smallest absolute Gasteiger partial charge is 0.303 e. The molecule has 0 aliphatic carbocycles. The fourth-order valence-corrected chi connectivity index (χ4v) is 10.7. The number of hydrogen-bond acceptors (Lipinski definition) is 11. The van der Waals surface area contributed by atoms with Crippen LogP contribution in [0.3, 0.4) is 0 Å². The number of rotatable bonds is 9. The Balaban J connectivity index is 1.39. The van der Waals surface area contributed by atoms with E-state index in [0.717, 1.165) is 12.1 Å². The van der Waals surface area contributed by atoms with Gasteiger partial charge in [0.25, 0.3) is 0 Å². The number of ether oxygens (including phenoxy) is 3. The summed E-state index contributed by atoms with van der Waals surface area (Å²) in [6.07, 6.45) is -0.131. The minimum absolute atomic E-state index is 0.0170. The molecule has 14 nitrogen and oxygen atoms in total. The van der Waals surface area contributed by atoms with Crippen molar-refractivity contribution >= 4 is 28.7 Å². The monoisotopic (exact) mass is 763 g/mol. The number of methoxy groups -OCH3 is 1. The Morgan fingerprint density at radius 1 is 0.906 bits per heavy atom. The quantitative estimate of drug-likeness (QED) is 0.112. The summed E-state index contributed by atoms with van der Waals surface area (Å²) in [4.78, 5) is 39.4. The predicted molar refractivity (Wildman–Crippen MR) is 181 cm³/mol. The van der Waals surface area contributed by atoms with Gasteiger partial charge in [-0.15, -0.1) is 10.2 Å². The first-order valence-corrected chi connectivity index (χ1v) is 18.2. The Labute approximate surface area is 303 Å². The van der Waals surface area contributed by atoms with Gasteiger partial charge < -0.3 is 24.2 Å².